The van der Waals surface area contributed by atoms with Crippen molar-refractivity contribution in [3.05, 3.63) is 47.8 Å². The molecule has 32 heavy (non-hydrogen) atoms. The summed E-state index contributed by atoms with van der Waals surface area (Å²) in [6, 6.07) is 10.9. The number of pyridine rings is 1. The molecular formula is C25H32N4O2S. The molecule has 2 aromatic rings. The SMILES string of the molecule is CCC1CSC2=NC(c3ccccn3)C(c3cc(OC)c(N4CCCCC4)cc3OC)N21. The first-order valence-corrected chi connectivity index (χ1v) is 12.6. The zero-order valence-corrected chi connectivity index (χ0v) is 20.0. The van der Waals surface area contributed by atoms with E-state index in [0.29, 0.717) is 6.04 Å². The van der Waals surface area contributed by atoms with Crippen LogP contribution in [0.25, 0.3) is 0 Å². The normalized spacial score (nSPS) is 25.0. The highest BCUT2D eigenvalue weighted by Crippen LogP contribution is 2.52. The first kappa shape index (κ1) is 21.4. The van der Waals surface area contributed by atoms with Gasteiger partial charge >= 0.3 is 0 Å². The molecule has 170 valence electrons. The molecule has 4 heterocycles. The number of rotatable bonds is 6. The Balaban J connectivity index is 1.61. The van der Waals surface area contributed by atoms with Gasteiger partial charge in [0.2, 0.25) is 0 Å². The zero-order valence-electron chi connectivity index (χ0n) is 19.2. The van der Waals surface area contributed by atoms with Crippen LogP contribution in [0.2, 0.25) is 0 Å². The van der Waals surface area contributed by atoms with Gasteiger partial charge in [-0.15, -0.1) is 0 Å². The Kier molecular flexibility index (Phi) is 6.17. The van der Waals surface area contributed by atoms with E-state index in [1.807, 2.05) is 30.1 Å². The van der Waals surface area contributed by atoms with Crippen LogP contribution in [0, 0.1) is 0 Å². The minimum atomic E-state index is -0.0625. The van der Waals surface area contributed by atoms with E-state index in [9.17, 15) is 0 Å². The Morgan fingerprint density at radius 1 is 1.06 bits per heavy atom. The Bertz CT molecular complexity index is 977. The first-order chi connectivity index (χ1) is 15.7. The van der Waals surface area contributed by atoms with Gasteiger partial charge in [0.25, 0.3) is 0 Å². The fourth-order valence-electron chi connectivity index (χ4n) is 5.21. The molecular weight excluding hydrogens is 420 g/mol. The van der Waals surface area contributed by atoms with E-state index in [1.54, 1.807) is 14.2 Å². The van der Waals surface area contributed by atoms with Crippen molar-refractivity contribution >= 4 is 22.6 Å². The Hall–Kier alpha value is -2.41. The maximum Gasteiger partial charge on any atom is 0.160 e. The molecule has 5 rings (SSSR count). The third-order valence-electron chi connectivity index (χ3n) is 6.88. The lowest BCUT2D eigenvalue weighted by Gasteiger charge is -2.34. The second kappa shape index (κ2) is 9.22. The summed E-state index contributed by atoms with van der Waals surface area (Å²) in [6.07, 6.45) is 6.68. The molecule has 3 atom stereocenters. The predicted octanol–water partition coefficient (Wildman–Crippen LogP) is 5.07. The summed E-state index contributed by atoms with van der Waals surface area (Å²) in [6.45, 7) is 4.39. The Morgan fingerprint density at radius 3 is 2.56 bits per heavy atom. The van der Waals surface area contributed by atoms with Crippen molar-refractivity contribution < 1.29 is 9.47 Å². The molecule has 0 amide bonds. The van der Waals surface area contributed by atoms with Crippen molar-refractivity contribution in [2.24, 2.45) is 4.99 Å². The van der Waals surface area contributed by atoms with Gasteiger partial charge < -0.3 is 19.3 Å². The van der Waals surface area contributed by atoms with E-state index in [1.165, 1.54) is 19.3 Å². The third-order valence-corrected chi connectivity index (χ3v) is 8.00. The van der Waals surface area contributed by atoms with Crippen LogP contribution in [0.15, 0.2) is 41.5 Å². The van der Waals surface area contributed by atoms with E-state index in [-0.39, 0.29) is 12.1 Å². The highest BCUT2D eigenvalue weighted by molar-refractivity contribution is 8.14. The van der Waals surface area contributed by atoms with E-state index < -0.39 is 0 Å². The molecule has 0 aliphatic carbocycles. The zero-order chi connectivity index (χ0) is 22.1. The number of methoxy groups -OCH3 is 2. The minimum absolute atomic E-state index is 0.0408. The highest BCUT2D eigenvalue weighted by atomic mass is 32.2. The average Bonchev–Trinajstić information content (AvgIpc) is 3.43. The van der Waals surface area contributed by atoms with Crippen LogP contribution in [0.1, 0.15) is 55.9 Å². The number of aliphatic imine (C=N–C) groups is 1. The number of amidine groups is 1. The lowest BCUT2D eigenvalue weighted by Crippen LogP contribution is -2.35. The molecule has 0 spiro atoms. The molecule has 2 fully saturated rings. The van der Waals surface area contributed by atoms with Crippen LogP contribution in [0.3, 0.4) is 0 Å². The lowest BCUT2D eigenvalue weighted by atomic mass is 9.93. The van der Waals surface area contributed by atoms with Crippen molar-refractivity contribution in [2.45, 2.75) is 50.7 Å². The topological polar surface area (TPSA) is 50.2 Å². The molecule has 0 bridgehead atoms. The second-order valence-electron chi connectivity index (χ2n) is 8.65. The number of piperidine rings is 1. The van der Waals surface area contributed by atoms with Crippen LogP contribution in [-0.4, -0.2) is 54.2 Å². The van der Waals surface area contributed by atoms with Crippen LogP contribution < -0.4 is 14.4 Å². The molecule has 2 saturated heterocycles. The predicted molar refractivity (Wildman–Crippen MR) is 131 cm³/mol. The van der Waals surface area contributed by atoms with Gasteiger partial charge in [-0.3, -0.25) is 9.98 Å². The van der Waals surface area contributed by atoms with E-state index >= 15 is 0 Å². The molecule has 0 saturated carbocycles. The maximum absolute atomic E-state index is 6.00. The number of benzene rings is 1. The lowest BCUT2D eigenvalue weighted by molar-refractivity contribution is 0.248. The molecule has 1 aromatic carbocycles. The number of nitrogens with zero attached hydrogens (tertiary/aromatic N) is 4. The summed E-state index contributed by atoms with van der Waals surface area (Å²) >= 11 is 1.86. The van der Waals surface area contributed by atoms with Gasteiger partial charge in [-0.25, -0.2) is 0 Å². The quantitative estimate of drug-likeness (QED) is 0.610. The third kappa shape index (κ3) is 3.70. The number of hydrogen-bond acceptors (Lipinski definition) is 7. The van der Waals surface area contributed by atoms with Gasteiger partial charge in [-0.1, -0.05) is 24.8 Å². The second-order valence-corrected chi connectivity index (χ2v) is 9.64. The van der Waals surface area contributed by atoms with E-state index in [2.05, 4.69) is 39.9 Å². The molecule has 3 aliphatic heterocycles. The molecule has 7 heteroatoms. The van der Waals surface area contributed by atoms with Crippen molar-refractivity contribution in [1.29, 1.82) is 0 Å². The minimum Gasteiger partial charge on any atom is -0.496 e. The van der Waals surface area contributed by atoms with Crippen LogP contribution in [0.5, 0.6) is 11.5 Å². The van der Waals surface area contributed by atoms with Crippen LogP contribution in [-0.2, 0) is 0 Å². The highest BCUT2D eigenvalue weighted by Gasteiger charge is 2.46. The smallest absolute Gasteiger partial charge is 0.160 e. The standard InChI is InChI=1S/C25H32N4O2S/c1-4-17-16-32-25-27-23(19-10-6-7-11-26-19)24(29(17)25)18-14-22(31-3)20(15-21(18)30-2)28-12-8-5-9-13-28/h6-7,10-11,14-15,17,23-24H,4-5,8-9,12-13,16H2,1-3H3. The van der Waals surface area contributed by atoms with Gasteiger partial charge in [0.05, 0.1) is 31.6 Å². The summed E-state index contributed by atoms with van der Waals surface area (Å²) in [5, 5.41) is 1.12. The molecule has 6 nitrogen and oxygen atoms in total. The number of ether oxygens (including phenoxy) is 2. The number of fused-ring (bicyclic) bond motifs is 1. The molecule has 1 aromatic heterocycles. The average molecular weight is 453 g/mol. The van der Waals surface area contributed by atoms with Gasteiger partial charge in [0.15, 0.2) is 5.17 Å². The van der Waals surface area contributed by atoms with Crippen LogP contribution >= 0.6 is 11.8 Å². The van der Waals surface area contributed by atoms with Crippen LogP contribution in [0.4, 0.5) is 5.69 Å². The fraction of sp³-hybridized carbons (Fsp3) is 0.520. The maximum atomic E-state index is 6.00. The number of aromatic nitrogens is 1. The van der Waals surface area contributed by atoms with Crippen molar-refractivity contribution in [3.63, 3.8) is 0 Å². The number of thioether (sulfide) groups is 1. The molecule has 0 N–H and O–H groups in total. The summed E-state index contributed by atoms with van der Waals surface area (Å²) in [5.41, 5.74) is 3.25. The summed E-state index contributed by atoms with van der Waals surface area (Å²) in [5.74, 6) is 2.89. The monoisotopic (exact) mass is 452 g/mol. The molecule has 0 radical (unpaired) electrons. The molecule has 3 unspecified atom stereocenters. The Labute approximate surface area is 195 Å². The number of hydrogen-bond donors (Lipinski definition) is 0. The van der Waals surface area contributed by atoms with Gasteiger partial charge in [0.1, 0.15) is 17.5 Å². The van der Waals surface area contributed by atoms with Gasteiger partial charge in [-0.2, -0.15) is 0 Å². The summed E-state index contributed by atoms with van der Waals surface area (Å²) < 4.78 is 11.9. The van der Waals surface area contributed by atoms with Crippen molar-refractivity contribution in [1.82, 2.24) is 9.88 Å². The largest absolute Gasteiger partial charge is 0.496 e. The number of anilines is 1. The molecule has 3 aliphatic rings. The first-order valence-electron chi connectivity index (χ1n) is 11.7. The summed E-state index contributed by atoms with van der Waals surface area (Å²) in [7, 11) is 3.54. The van der Waals surface area contributed by atoms with E-state index in [4.69, 9.17) is 14.5 Å². The van der Waals surface area contributed by atoms with Gasteiger partial charge in [-0.05, 0) is 43.9 Å². The Morgan fingerprint density at radius 2 is 1.88 bits per heavy atom. The van der Waals surface area contributed by atoms with Crippen molar-refractivity contribution in [3.8, 4) is 11.5 Å². The summed E-state index contributed by atoms with van der Waals surface area (Å²) in [4.78, 5) is 14.8. The van der Waals surface area contributed by atoms with Crippen molar-refractivity contribution in [2.75, 3.05) is 38.0 Å². The fourth-order valence-corrected chi connectivity index (χ4v) is 6.54. The van der Waals surface area contributed by atoms with E-state index in [0.717, 1.165) is 58.9 Å². The van der Waals surface area contributed by atoms with Gasteiger partial charge in [0, 0.05) is 42.7 Å².